The Bertz CT molecular complexity index is 482. The Morgan fingerprint density at radius 3 is 2.76 bits per heavy atom. The largest absolute Gasteiger partial charge is 0.408 e. The second-order valence-corrected chi connectivity index (χ2v) is 6.60. The van der Waals surface area contributed by atoms with Crippen molar-refractivity contribution in [2.24, 2.45) is 0 Å². The summed E-state index contributed by atoms with van der Waals surface area (Å²) in [5, 5.41) is 8.52. The number of nitrogens with zero attached hydrogens (tertiary/aromatic N) is 4. The van der Waals surface area contributed by atoms with E-state index in [2.05, 4.69) is 20.0 Å². The summed E-state index contributed by atoms with van der Waals surface area (Å²) in [5.74, 6) is 1.34. The lowest BCUT2D eigenvalue weighted by Crippen LogP contribution is -2.39. The van der Waals surface area contributed by atoms with Crippen molar-refractivity contribution in [1.82, 2.24) is 15.1 Å². The first-order chi connectivity index (χ1) is 10.3. The summed E-state index contributed by atoms with van der Waals surface area (Å²) in [6.07, 6.45) is 6.36. The predicted octanol–water partition coefficient (Wildman–Crippen LogP) is 1.64. The fraction of sp³-hybridized carbons (Fsp3) is 0.867. The maximum absolute atomic E-state index is 5.91. The van der Waals surface area contributed by atoms with Gasteiger partial charge in [-0.05, 0) is 45.2 Å². The molecule has 6 heteroatoms. The molecule has 0 unspecified atom stereocenters. The Hall–Kier alpha value is -1.14. The van der Waals surface area contributed by atoms with Crippen LogP contribution >= 0.6 is 0 Å². The first kappa shape index (κ1) is 13.5. The quantitative estimate of drug-likeness (QED) is 0.822. The summed E-state index contributed by atoms with van der Waals surface area (Å²) in [6, 6.07) is 1.13. The molecule has 6 nitrogen and oxygen atoms in total. The van der Waals surface area contributed by atoms with Gasteiger partial charge >= 0.3 is 6.01 Å². The molecular weight excluding hydrogens is 268 g/mol. The summed E-state index contributed by atoms with van der Waals surface area (Å²) < 4.78 is 11.5. The molecule has 0 spiro atoms. The van der Waals surface area contributed by atoms with E-state index in [0.717, 1.165) is 25.4 Å². The Labute approximate surface area is 125 Å². The maximum atomic E-state index is 5.91. The SMILES string of the molecule is CO[C@H]1C[C@@H](CN2CCCC2)N(c2nnc(C3CC3)o2)C1. The highest BCUT2D eigenvalue weighted by Crippen LogP contribution is 2.40. The van der Waals surface area contributed by atoms with Crippen LogP contribution in [-0.2, 0) is 4.74 Å². The summed E-state index contributed by atoms with van der Waals surface area (Å²) in [6.45, 7) is 4.39. The normalized spacial score (nSPS) is 30.4. The zero-order valence-electron chi connectivity index (χ0n) is 12.7. The standard InChI is InChI=1S/C15H24N4O2/c1-20-13-8-12(9-18-6-2-3-7-18)19(10-13)15-17-16-14(21-15)11-4-5-11/h11-13H,2-10H2,1H3/t12-,13-/m0/s1. The van der Waals surface area contributed by atoms with Gasteiger partial charge in [-0.2, -0.15) is 0 Å². The zero-order chi connectivity index (χ0) is 14.2. The lowest BCUT2D eigenvalue weighted by Gasteiger charge is -2.26. The molecule has 21 heavy (non-hydrogen) atoms. The summed E-state index contributed by atoms with van der Waals surface area (Å²) in [7, 11) is 1.80. The van der Waals surface area contributed by atoms with E-state index in [1.165, 1.54) is 38.8 Å². The fourth-order valence-corrected chi connectivity index (χ4v) is 3.55. The number of likely N-dealkylation sites (tertiary alicyclic amines) is 1. The maximum Gasteiger partial charge on any atom is 0.318 e. The minimum atomic E-state index is 0.272. The van der Waals surface area contributed by atoms with Crippen molar-refractivity contribution in [2.75, 3.05) is 38.2 Å². The highest BCUT2D eigenvalue weighted by molar-refractivity contribution is 5.31. The minimum absolute atomic E-state index is 0.272. The molecule has 1 aliphatic carbocycles. The Kier molecular flexibility index (Phi) is 3.59. The molecule has 3 aliphatic rings. The molecule has 2 atom stereocenters. The number of hydrogen-bond acceptors (Lipinski definition) is 6. The third-order valence-corrected chi connectivity index (χ3v) is 4.98. The molecule has 0 aromatic carbocycles. The van der Waals surface area contributed by atoms with Crippen LogP contribution in [0.1, 0.15) is 43.9 Å². The average Bonchev–Trinajstić information content (AvgIpc) is 2.95. The highest BCUT2D eigenvalue weighted by Gasteiger charge is 2.38. The van der Waals surface area contributed by atoms with E-state index < -0.39 is 0 Å². The molecular formula is C15H24N4O2. The van der Waals surface area contributed by atoms with Gasteiger partial charge in [-0.15, -0.1) is 5.10 Å². The van der Waals surface area contributed by atoms with Crippen LogP contribution in [0.2, 0.25) is 0 Å². The van der Waals surface area contributed by atoms with Gasteiger partial charge in [0.1, 0.15) is 0 Å². The summed E-state index contributed by atoms with van der Waals surface area (Å²) in [4.78, 5) is 4.82. The van der Waals surface area contributed by atoms with E-state index in [-0.39, 0.29) is 6.10 Å². The smallest absolute Gasteiger partial charge is 0.318 e. The molecule has 4 rings (SSSR count). The van der Waals surface area contributed by atoms with Gasteiger partial charge in [-0.3, -0.25) is 0 Å². The van der Waals surface area contributed by atoms with Crippen LogP contribution in [-0.4, -0.2) is 60.5 Å². The van der Waals surface area contributed by atoms with E-state index in [0.29, 0.717) is 18.0 Å². The Balaban J connectivity index is 1.48. The van der Waals surface area contributed by atoms with E-state index in [9.17, 15) is 0 Å². The summed E-state index contributed by atoms with van der Waals surface area (Å²) >= 11 is 0. The third-order valence-electron chi connectivity index (χ3n) is 4.98. The van der Waals surface area contributed by atoms with Crippen LogP contribution in [0.25, 0.3) is 0 Å². The fourth-order valence-electron chi connectivity index (χ4n) is 3.55. The van der Waals surface area contributed by atoms with E-state index in [1.807, 2.05) is 0 Å². The molecule has 1 aromatic rings. The lowest BCUT2D eigenvalue weighted by molar-refractivity contribution is 0.116. The zero-order valence-corrected chi connectivity index (χ0v) is 12.7. The molecule has 3 fully saturated rings. The number of rotatable bonds is 5. The molecule has 1 saturated carbocycles. The van der Waals surface area contributed by atoms with Gasteiger partial charge < -0.3 is 19.0 Å². The number of hydrogen-bond donors (Lipinski definition) is 0. The van der Waals surface area contributed by atoms with Crippen LogP contribution in [0.15, 0.2) is 4.42 Å². The van der Waals surface area contributed by atoms with Crippen LogP contribution < -0.4 is 4.90 Å². The van der Waals surface area contributed by atoms with Gasteiger partial charge in [0.05, 0.1) is 6.10 Å². The predicted molar refractivity (Wildman–Crippen MR) is 78.5 cm³/mol. The molecule has 1 aromatic heterocycles. The molecule has 0 bridgehead atoms. The topological polar surface area (TPSA) is 54.6 Å². The monoisotopic (exact) mass is 292 g/mol. The van der Waals surface area contributed by atoms with Crippen LogP contribution in [0, 0.1) is 0 Å². The number of aromatic nitrogens is 2. The Morgan fingerprint density at radius 1 is 1.24 bits per heavy atom. The molecule has 2 aliphatic heterocycles. The number of anilines is 1. The van der Waals surface area contributed by atoms with Gasteiger partial charge in [0, 0.05) is 32.2 Å². The van der Waals surface area contributed by atoms with E-state index >= 15 is 0 Å². The van der Waals surface area contributed by atoms with Crippen molar-refractivity contribution in [3.63, 3.8) is 0 Å². The van der Waals surface area contributed by atoms with E-state index in [4.69, 9.17) is 9.15 Å². The molecule has 2 saturated heterocycles. The third kappa shape index (κ3) is 2.79. The van der Waals surface area contributed by atoms with Gasteiger partial charge in [-0.25, -0.2) is 0 Å². The van der Waals surface area contributed by atoms with Gasteiger partial charge in [0.15, 0.2) is 0 Å². The minimum Gasteiger partial charge on any atom is -0.408 e. The first-order valence-corrected chi connectivity index (χ1v) is 8.18. The highest BCUT2D eigenvalue weighted by atomic mass is 16.5. The van der Waals surface area contributed by atoms with Crippen LogP contribution in [0.3, 0.4) is 0 Å². The molecule has 0 amide bonds. The van der Waals surface area contributed by atoms with Crippen molar-refractivity contribution < 1.29 is 9.15 Å². The first-order valence-electron chi connectivity index (χ1n) is 8.18. The van der Waals surface area contributed by atoms with Crippen molar-refractivity contribution in [3.05, 3.63) is 5.89 Å². The van der Waals surface area contributed by atoms with Crippen molar-refractivity contribution in [1.29, 1.82) is 0 Å². The van der Waals surface area contributed by atoms with Crippen molar-refractivity contribution in [2.45, 2.75) is 50.2 Å². The molecule has 3 heterocycles. The van der Waals surface area contributed by atoms with E-state index in [1.54, 1.807) is 7.11 Å². The van der Waals surface area contributed by atoms with Gasteiger partial charge in [0.2, 0.25) is 5.89 Å². The number of methoxy groups -OCH3 is 1. The van der Waals surface area contributed by atoms with Crippen LogP contribution in [0.4, 0.5) is 6.01 Å². The second-order valence-electron chi connectivity index (χ2n) is 6.60. The molecule has 0 radical (unpaired) electrons. The lowest BCUT2D eigenvalue weighted by atomic mass is 10.2. The van der Waals surface area contributed by atoms with Gasteiger partial charge in [0.25, 0.3) is 0 Å². The molecule has 116 valence electrons. The van der Waals surface area contributed by atoms with Crippen molar-refractivity contribution >= 4 is 6.01 Å². The second kappa shape index (κ2) is 5.57. The Morgan fingerprint density at radius 2 is 2.05 bits per heavy atom. The summed E-state index contributed by atoms with van der Waals surface area (Å²) in [5.41, 5.74) is 0. The van der Waals surface area contributed by atoms with Crippen LogP contribution in [0.5, 0.6) is 0 Å². The van der Waals surface area contributed by atoms with Gasteiger partial charge in [-0.1, -0.05) is 5.10 Å². The van der Waals surface area contributed by atoms with Crippen molar-refractivity contribution in [3.8, 4) is 0 Å². The number of ether oxygens (including phenoxy) is 1. The molecule has 0 N–H and O–H groups in total. The average molecular weight is 292 g/mol.